The molecule has 0 radical (unpaired) electrons. The summed E-state index contributed by atoms with van der Waals surface area (Å²) in [5.74, 6) is 0.779. The zero-order valence-corrected chi connectivity index (χ0v) is 13.5. The summed E-state index contributed by atoms with van der Waals surface area (Å²) in [6, 6.07) is 0.574. The molecule has 1 unspecified atom stereocenters. The SMILES string of the molecule is CN(C)CC1CCCN1Cc1nc(Cl)c2cnn(C)c2n1. The van der Waals surface area contributed by atoms with E-state index in [-0.39, 0.29) is 0 Å². The highest BCUT2D eigenvalue weighted by molar-refractivity contribution is 6.33. The van der Waals surface area contributed by atoms with Crippen LogP contribution in [-0.2, 0) is 13.6 Å². The summed E-state index contributed by atoms with van der Waals surface area (Å²) >= 11 is 6.25. The van der Waals surface area contributed by atoms with Crippen LogP contribution in [0.1, 0.15) is 18.7 Å². The van der Waals surface area contributed by atoms with Crippen LogP contribution in [0.3, 0.4) is 0 Å². The summed E-state index contributed by atoms with van der Waals surface area (Å²) in [6.45, 7) is 2.92. The molecule has 1 aliphatic heterocycles. The Morgan fingerprint density at radius 2 is 2.19 bits per heavy atom. The molecule has 1 aliphatic rings. The first-order valence-electron chi connectivity index (χ1n) is 7.27. The van der Waals surface area contributed by atoms with Gasteiger partial charge in [-0.1, -0.05) is 11.6 Å². The number of halogens is 1. The van der Waals surface area contributed by atoms with Crippen molar-refractivity contribution in [1.82, 2.24) is 29.5 Å². The summed E-state index contributed by atoms with van der Waals surface area (Å²) in [6.07, 6.45) is 4.19. The summed E-state index contributed by atoms with van der Waals surface area (Å²) in [5.41, 5.74) is 0.799. The first-order valence-corrected chi connectivity index (χ1v) is 7.65. The number of hydrogen-bond acceptors (Lipinski definition) is 5. The number of rotatable bonds is 4. The van der Waals surface area contributed by atoms with E-state index in [0.717, 1.165) is 36.5 Å². The van der Waals surface area contributed by atoms with Gasteiger partial charge in [-0.2, -0.15) is 5.10 Å². The second-order valence-corrected chi connectivity index (χ2v) is 6.32. The molecule has 1 atom stereocenters. The molecule has 2 aromatic heterocycles. The Hall–Kier alpha value is -1.24. The minimum Gasteiger partial charge on any atom is -0.308 e. The van der Waals surface area contributed by atoms with Gasteiger partial charge >= 0.3 is 0 Å². The summed E-state index contributed by atoms with van der Waals surface area (Å²) in [7, 11) is 6.11. The average Bonchev–Trinajstić information content (AvgIpc) is 2.98. The number of nitrogens with zero attached hydrogens (tertiary/aromatic N) is 6. The summed E-state index contributed by atoms with van der Waals surface area (Å²) in [4.78, 5) is 13.7. The molecule has 0 saturated carbocycles. The van der Waals surface area contributed by atoms with E-state index in [1.165, 1.54) is 12.8 Å². The van der Waals surface area contributed by atoms with E-state index in [0.29, 0.717) is 11.2 Å². The van der Waals surface area contributed by atoms with Crippen LogP contribution >= 0.6 is 11.6 Å². The maximum atomic E-state index is 6.25. The fraction of sp³-hybridized carbons (Fsp3) is 0.643. The fourth-order valence-electron chi connectivity index (χ4n) is 3.01. The van der Waals surface area contributed by atoms with Gasteiger partial charge in [0.1, 0.15) is 11.0 Å². The number of hydrogen-bond donors (Lipinski definition) is 0. The van der Waals surface area contributed by atoms with Crippen LogP contribution in [0.25, 0.3) is 11.0 Å². The molecule has 1 fully saturated rings. The van der Waals surface area contributed by atoms with Gasteiger partial charge in [-0.05, 0) is 33.5 Å². The van der Waals surface area contributed by atoms with Crippen LogP contribution in [0.15, 0.2) is 6.20 Å². The van der Waals surface area contributed by atoms with Gasteiger partial charge in [0.25, 0.3) is 0 Å². The van der Waals surface area contributed by atoms with Crippen molar-refractivity contribution in [2.24, 2.45) is 7.05 Å². The molecule has 2 aromatic rings. The maximum Gasteiger partial charge on any atom is 0.162 e. The van der Waals surface area contributed by atoms with Crippen LogP contribution in [0, 0.1) is 0 Å². The van der Waals surface area contributed by atoms with Gasteiger partial charge in [0.2, 0.25) is 0 Å². The Balaban J connectivity index is 1.82. The van der Waals surface area contributed by atoms with Gasteiger partial charge in [0.15, 0.2) is 5.65 Å². The van der Waals surface area contributed by atoms with Gasteiger partial charge in [-0.3, -0.25) is 9.58 Å². The minimum atomic E-state index is 0.492. The van der Waals surface area contributed by atoms with Crippen molar-refractivity contribution in [2.75, 3.05) is 27.2 Å². The van der Waals surface area contributed by atoms with Gasteiger partial charge in [0.05, 0.1) is 18.1 Å². The number of aryl methyl sites for hydroxylation is 1. The topological polar surface area (TPSA) is 50.1 Å². The Bertz CT molecular complexity index is 638. The second kappa shape index (κ2) is 5.87. The first-order chi connectivity index (χ1) is 10.0. The third kappa shape index (κ3) is 3.02. The van der Waals surface area contributed by atoms with Crippen LogP contribution in [0.5, 0.6) is 0 Å². The molecule has 21 heavy (non-hydrogen) atoms. The van der Waals surface area contributed by atoms with Crippen molar-refractivity contribution in [3.63, 3.8) is 0 Å². The largest absolute Gasteiger partial charge is 0.308 e. The van der Waals surface area contributed by atoms with Crippen molar-refractivity contribution in [3.8, 4) is 0 Å². The second-order valence-electron chi connectivity index (χ2n) is 5.96. The van der Waals surface area contributed by atoms with Crippen LogP contribution < -0.4 is 0 Å². The van der Waals surface area contributed by atoms with E-state index in [4.69, 9.17) is 11.6 Å². The molecule has 0 aliphatic carbocycles. The van der Waals surface area contributed by atoms with Crippen molar-refractivity contribution < 1.29 is 0 Å². The molecule has 114 valence electrons. The Morgan fingerprint density at radius 3 is 2.95 bits per heavy atom. The minimum absolute atomic E-state index is 0.492. The molecule has 1 saturated heterocycles. The number of likely N-dealkylation sites (N-methyl/N-ethyl adjacent to an activating group) is 1. The number of aromatic nitrogens is 4. The molecule has 0 bridgehead atoms. The standard InChI is InChI=1S/C14H21ClN6/c1-19(2)8-10-5-4-6-21(10)9-12-17-13(15)11-7-16-20(3)14(11)18-12/h7,10H,4-6,8-9H2,1-3H3. The molecule has 0 amide bonds. The Kier molecular flexibility index (Phi) is 4.10. The smallest absolute Gasteiger partial charge is 0.162 e. The van der Waals surface area contributed by atoms with Crippen LogP contribution in [-0.4, -0.2) is 62.8 Å². The van der Waals surface area contributed by atoms with Gasteiger partial charge in [0, 0.05) is 19.6 Å². The molecule has 6 nitrogen and oxygen atoms in total. The first kappa shape index (κ1) is 14.7. The van der Waals surface area contributed by atoms with Gasteiger partial charge < -0.3 is 4.90 Å². The summed E-state index contributed by atoms with van der Waals surface area (Å²) in [5, 5.41) is 5.50. The molecule has 0 spiro atoms. The molecule has 3 heterocycles. The predicted octanol–water partition coefficient (Wildman–Crippen LogP) is 1.54. The normalized spacial score (nSPS) is 20.0. The molecule has 0 aromatic carbocycles. The molecule has 7 heteroatoms. The lowest BCUT2D eigenvalue weighted by molar-refractivity contribution is 0.197. The van der Waals surface area contributed by atoms with Crippen LogP contribution in [0.4, 0.5) is 0 Å². The van der Waals surface area contributed by atoms with E-state index in [9.17, 15) is 0 Å². The van der Waals surface area contributed by atoms with E-state index < -0.39 is 0 Å². The van der Waals surface area contributed by atoms with Gasteiger partial charge in [-0.15, -0.1) is 0 Å². The fourth-order valence-corrected chi connectivity index (χ4v) is 3.24. The molecular weight excluding hydrogens is 288 g/mol. The zero-order valence-electron chi connectivity index (χ0n) is 12.8. The monoisotopic (exact) mass is 308 g/mol. The van der Waals surface area contributed by atoms with E-state index in [1.807, 2.05) is 7.05 Å². The van der Waals surface area contributed by atoms with Crippen molar-refractivity contribution in [1.29, 1.82) is 0 Å². The third-order valence-corrected chi connectivity index (χ3v) is 4.30. The highest BCUT2D eigenvalue weighted by Gasteiger charge is 2.26. The number of likely N-dealkylation sites (tertiary alicyclic amines) is 1. The van der Waals surface area contributed by atoms with Crippen molar-refractivity contribution >= 4 is 22.6 Å². The van der Waals surface area contributed by atoms with Crippen molar-refractivity contribution in [3.05, 3.63) is 17.2 Å². The third-order valence-electron chi connectivity index (χ3n) is 4.01. The Labute approximate surface area is 129 Å². The lowest BCUT2D eigenvalue weighted by atomic mass is 10.2. The maximum absolute atomic E-state index is 6.25. The quantitative estimate of drug-likeness (QED) is 0.802. The number of fused-ring (bicyclic) bond motifs is 1. The van der Waals surface area contributed by atoms with Crippen LogP contribution in [0.2, 0.25) is 5.15 Å². The van der Waals surface area contributed by atoms with Gasteiger partial charge in [-0.25, -0.2) is 9.97 Å². The average molecular weight is 309 g/mol. The highest BCUT2D eigenvalue weighted by Crippen LogP contribution is 2.23. The zero-order chi connectivity index (χ0) is 15.0. The lowest BCUT2D eigenvalue weighted by Gasteiger charge is -2.26. The molecule has 0 N–H and O–H groups in total. The van der Waals surface area contributed by atoms with Crippen molar-refractivity contribution in [2.45, 2.75) is 25.4 Å². The molecular formula is C14H21ClN6. The lowest BCUT2D eigenvalue weighted by Crippen LogP contribution is -2.37. The predicted molar refractivity (Wildman–Crippen MR) is 83.3 cm³/mol. The summed E-state index contributed by atoms with van der Waals surface area (Å²) < 4.78 is 1.74. The van der Waals surface area contributed by atoms with E-state index in [1.54, 1.807) is 10.9 Å². The Morgan fingerprint density at radius 1 is 1.38 bits per heavy atom. The highest BCUT2D eigenvalue weighted by atomic mass is 35.5. The molecule has 3 rings (SSSR count). The van der Waals surface area contributed by atoms with E-state index >= 15 is 0 Å². The van der Waals surface area contributed by atoms with E-state index in [2.05, 4.69) is 39.0 Å².